The van der Waals surface area contributed by atoms with Gasteiger partial charge >= 0.3 is 6.09 Å². The first-order chi connectivity index (χ1) is 7.16. The van der Waals surface area contributed by atoms with Gasteiger partial charge in [0.2, 0.25) is 0 Å². The molecule has 5 nitrogen and oxygen atoms in total. The molecule has 1 N–H and O–H groups in total. The molecule has 1 aliphatic heterocycles. The molecule has 1 amide bonds. The maximum absolute atomic E-state index is 10.7. The number of hydrogen-bond acceptors (Lipinski definition) is 2. The van der Waals surface area contributed by atoms with Gasteiger partial charge in [0.25, 0.3) is 0 Å². The second-order valence-electron chi connectivity index (χ2n) is 3.62. The highest BCUT2D eigenvalue weighted by Crippen LogP contribution is 2.22. The summed E-state index contributed by atoms with van der Waals surface area (Å²) in [6.07, 6.45) is 2.85. The highest BCUT2D eigenvalue weighted by atomic mass is 127. The molecule has 2 rings (SSSR count). The smallest absolute Gasteiger partial charge is 0.407 e. The molecule has 0 aromatic carbocycles. The number of carbonyl (C=O) groups is 1. The van der Waals surface area contributed by atoms with Gasteiger partial charge in [0, 0.05) is 19.3 Å². The number of piperidine rings is 1. The third kappa shape index (κ3) is 2.42. The van der Waals surface area contributed by atoms with E-state index in [1.54, 1.807) is 0 Å². The lowest BCUT2D eigenvalue weighted by Gasteiger charge is -2.29. The van der Waals surface area contributed by atoms with E-state index < -0.39 is 6.09 Å². The minimum atomic E-state index is -0.816. The van der Waals surface area contributed by atoms with Crippen molar-refractivity contribution in [3.05, 3.63) is 16.0 Å². The lowest BCUT2D eigenvalue weighted by atomic mass is 10.1. The van der Waals surface area contributed by atoms with E-state index in [2.05, 4.69) is 27.7 Å². The van der Waals surface area contributed by atoms with Crippen molar-refractivity contribution in [2.24, 2.45) is 0 Å². The summed E-state index contributed by atoms with van der Waals surface area (Å²) in [6, 6.07) is 2.31. The molecule has 0 saturated carbocycles. The molecule has 1 saturated heterocycles. The van der Waals surface area contributed by atoms with Crippen LogP contribution in [0.15, 0.2) is 12.3 Å². The van der Waals surface area contributed by atoms with Crippen LogP contribution in [0, 0.1) is 3.70 Å². The SMILES string of the molecule is O=C(O)N1CCC(n2ccc(I)n2)CC1. The average molecular weight is 321 g/mol. The van der Waals surface area contributed by atoms with Gasteiger partial charge in [-0.3, -0.25) is 4.68 Å². The van der Waals surface area contributed by atoms with E-state index in [-0.39, 0.29) is 0 Å². The summed E-state index contributed by atoms with van der Waals surface area (Å²) in [6.45, 7) is 1.22. The molecule has 82 valence electrons. The second-order valence-corrected chi connectivity index (χ2v) is 4.72. The van der Waals surface area contributed by atoms with Crippen molar-refractivity contribution in [3.8, 4) is 0 Å². The van der Waals surface area contributed by atoms with Crippen molar-refractivity contribution in [1.82, 2.24) is 14.7 Å². The number of nitrogens with zero attached hydrogens (tertiary/aromatic N) is 3. The van der Waals surface area contributed by atoms with Gasteiger partial charge in [0.1, 0.15) is 3.70 Å². The van der Waals surface area contributed by atoms with Crippen LogP contribution in [0.5, 0.6) is 0 Å². The molecule has 0 unspecified atom stereocenters. The number of hydrogen-bond donors (Lipinski definition) is 1. The van der Waals surface area contributed by atoms with E-state index in [4.69, 9.17) is 5.11 Å². The number of carboxylic acid groups (broad SMARTS) is 1. The Morgan fingerprint density at radius 2 is 2.20 bits per heavy atom. The third-order valence-corrected chi connectivity index (χ3v) is 3.26. The lowest BCUT2D eigenvalue weighted by Crippen LogP contribution is -2.38. The van der Waals surface area contributed by atoms with Crippen LogP contribution < -0.4 is 0 Å². The Labute approximate surface area is 101 Å². The maximum Gasteiger partial charge on any atom is 0.407 e. The third-order valence-electron chi connectivity index (χ3n) is 2.68. The summed E-state index contributed by atoms with van der Waals surface area (Å²) in [5.74, 6) is 0. The molecule has 0 spiro atoms. The lowest BCUT2D eigenvalue weighted by molar-refractivity contribution is 0.124. The summed E-state index contributed by atoms with van der Waals surface area (Å²) in [5.41, 5.74) is 0. The first-order valence-corrected chi connectivity index (χ1v) is 5.93. The Bertz CT molecular complexity index is 358. The predicted octanol–water partition coefficient (Wildman–Crippen LogP) is 1.80. The fraction of sp³-hybridized carbons (Fsp3) is 0.556. The standard InChI is InChI=1S/C9H12IN3O2/c10-8-3-6-13(11-8)7-1-4-12(5-2-7)9(14)15/h3,6-7H,1-2,4-5H2,(H,14,15). The molecule has 0 atom stereocenters. The highest BCUT2D eigenvalue weighted by Gasteiger charge is 2.23. The Hall–Kier alpha value is -0.790. The summed E-state index contributed by atoms with van der Waals surface area (Å²) in [5, 5.41) is 13.1. The van der Waals surface area contributed by atoms with Crippen LogP contribution in [0.1, 0.15) is 18.9 Å². The quantitative estimate of drug-likeness (QED) is 0.803. The largest absolute Gasteiger partial charge is 0.465 e. The summed E-state index contributed by atoms with van der Waals surface area (Å²) < 4.78 is 2.93. The van der Waals surface area contributed by atoms with Crippen molar-refractivity contribution in [2.45, 2.75) is 18.9 Å². The molecule has 15 heavy (non-hydrogen) atoms. The highest BCUT2D eigenvalue weighted by molar-refractivity contribution is 14.1. The minimum absolute atomic E-state index is 0.351. The number of amides is 1. The Kier molecular flexibility index (Phi) is 3.13. The average Bonchev–Trinajstić information content (AvgIpc) is 2.65. The first kappa shape index (κ1) is 10.7. The molecule has 1 aliphatic rings. The molecule has 6 heteroatoms. The first-order valence-electron chi connectivity index (χ1n) is 4.85. The zero-order valence-electron chi connectivity index (χ0n) is 8.14. The van der Waals surface area contributed by atoms with Gasteiger partial charge in [-0.1, -0.05) is 0 Å². The van der Waals surface area contributed by atoms with Crippen molar-refractivity contribution < 1.29 is 9.90 Å². The van der Waals surface area contributed by atoms with E-state index in [9.17, 15) is 4.79 Å². The van der Waals surface area contributed by atoms with Crippen LogP contribution >= 0.6 is 22.6 Å². The predicted molar refractivity (Wildman–Crippen MR) is 62.8 cm³/mol. The number of halogens is 1. The van der Waals surface area contributed by atoms with Crippen LogP contribution in [-0.4, -0.2) is 39.0 Å². The monoisotopic (exact) mass is 321 g/mol. The molecular formula is C9H12IN3O2. The van der Waals surface area contributed by atoms with Crippen LogP contribution in [-0.2, 0) is 0 Å². The fourth-order valence-corrected chi connectivity index (χ4v) is 2.25. The molecular weight excluding hydrogens is 309 g/mol. The molecule has 0 radical (unpaired) electrons. The normalized spacial score (nSPS) is 18.1. The van der Waals surface area contributed by atoms with Gasteiger partial charge in [-0.25, -0.2) is 4.79 Å². The molecule has 1 aromatic heterocycles. The molecule has 0 bridgehead atoms. The van der Waals surface area contributed by atoms with Crippen LogP contribution in [0.2, 0.25) is 0 Å². The van der Waals surface area contributed by atoms with E-state index >= 15 is 0 Å². The van der Waals surface area contributed by atoms with E-state index in [0.717, 1.165) is 16.5 Å². The van der Waals surface area contributed by atoms with Crippen molar-refractivity contribution in [1.29, 1.82) is 0 Å². The number of aromatic nitrogens is 2. The van der Waals surface area contributed by atoms with E-state index in [1.165, 1.54) is 4.90 Å². The molecule has 1 aromatic rings. The summed E-state index contributed by atoms with van der Waals surface area (Å²) >= 11 is 2.17. The Balaban J connectivity index is 1.96. The summed E-state index contributed by atoms with van der Waals surface area (Å²) in [7, 11) is 0. The van der Waals surface area contributed by atoms with Crippen LogP contribution in [0.4, 0.5) is 4.79 Å². The van der Waals surface area contributed by atoms with E-state index in [1.807, 2.05) is 16.9 Å². The van der Waals surface area contributed by atoms with Gasteiger partial charge in [0.15, 0.2) is 0 Å². The van der Waals surface area contributed by atoms with Crippen molar-refractivity contribution in [3.63, 3.8) is 0 Å². The van der Waals surface area contributed by atoms with E-state index in [0.29, 0.717) is 19.1 Å². The van der Waals surface area contributed by atoms with Crippen LogP contribution in [0.3, 0.4) is 0 Å². The topological polar surface area (TPSA) is 58.4 Å². The van der Waals surface area contributed by atoms with Crippen molar-refractivity contribution >= 4 is 28.7 Å². The minimum Gasteiger partial charge on any atom is -0.465 e. The Morgan fingerprint density at radius 3 is 2.67 bits per heavy atom. The molecule has 0 aliphatic carbocycles. The van der Waals surface area contributed by atoms with Gasteiger partial charge in [-0.2, -0.15) is 5.10 Å². The Morgan fingerprint density at radius 1 is 1.53 bits per heavy atom. The van der Waals surface area contributed by atoms with Gasteiger partial charge in [-0.05, 0) is 41.5 Å². The second kappa shape index (κ2) is 4.38. The van der Waals surface area contributed by atoms with Gasteiger partial charge in [-0.15, -0.1) is 0 Å². The van der Waals surface area contributed by atoms with Crippen molar-refractivity contribution in [2.75, 3.05) is 13.1 Å². The molecule has 1 fully saturated rings. The fourth-order valence-electron chi connectivity index (χ4n) is 1.84. The number of likely N-dealkylation sites (tertiary alicyclic amines) is 1. The maximum atomic E-state index is 10.7. The summed E-state index contributed by atoms with van der Waals surface area (Å²) in [4.78, 5) is 12.2. The van der Waals surface area contributed by atoms with Gasteiger partial charge < -0.3 is 10.0 Å². The zero-order valence-corrected chi connectivity index (χ0v) is 10.3. The van der Waals surface area contributed by atoms with Gasteiger partial charge in [0.05, 0.1) is 6.04 Å². The zero-order chi connectivity index (χ0) is 10.8. The van der Waals surface area contributed by atoms with Crippen LogP contribution in [0.25, 0.3) is 0 Å². The molecule has 2 heterocycles. The number of rotatable bonds is 1.